The number of carbonyl (C=O) groups is 1. The van der Waals surface area contributed by atoms with Gasteiger partial charge in [0.1, 0.15) is 0 Å². The van der Waals surface area contributed by atoms with Crippen LogP contribution in [0.25, 0.3) is 0 Å². The minimum Gasteiger partial charge on any atom is -0.350 e. The number of halogens is 1. The van der Waals surface area contributed by atoms with E-state index in [0.717, 1.165) is 6.54 Å². The number of carbonyl (C=O) groups excluding carboxylic acids is 1. The van der Waals surface area contributed by atoms with Crippen molar-refractivity contribution in [2.75, 3.05) is 6.54 Å². The summed E-state index contributed by atoms with van der Waals surface area (Å²) in [5.74, 6) is -0.131. The molecule has 100 valence electrons. The Bertz CT molecular complexity index is 570. The molecule has 1 heterocycles. The molecule has 0 aliphatic heterocycles. The normalized spacial score (nSPS) is 10.5. The predicted molar refractivity (Wildman–Crippen MR) is 77.7 cm³/mol. The summed E-state index contributed by atoms with van der Waals surface area (Å²) in [4.78, 5) is 12.0. The van der Waals surface area contributed by atoms with Crippen LogP contribution in [0.1, 0.15) is 21.7 Å². The monoisotopic (exact) mass is 276 g/mol. The van der Waals surface area contributed by atoms with Crippen LogP contribution in [0.15, 0.2) is 36.4 Å². The third-order valence-corrected chi connectivity index (χ3v) is 3.49. The van der Waals surface area contributed by atoms with Crippen molar-refractivity contribution in [3.63, 3.8) is 0 Å². The Balaban J connectivity index is 1.93. The Morgan fingerprint density at radius 3 is 2.42 bits per heavy atom. The van der Waals surface area contributed by atoms with Gasteiger partial charge in [-0.25, -0.2) is 0 Å². The van der Waals surface area contributed by atoms with Gasteiger partial charge in [0.25, 0.3) is 5.91 Å². The van der Waals surface area contributed by atoms with Crippen molar-refractivity contribution >= 4 is 17.5 Å². The summed E-state index contributed by atoms with van der Waals surface area (Å²) in [6, 6.07) is 11.2. The first-order valence-electron chi connectivity index (χ1n) is 6.25. The van der Waals surface area contributed by atoms with Crippen molar-refractivity contribution in [3.8, 4) is 0 Å². The van der Waals surface area contributed by atoms with Gasteiger partial charge in [-0.05, 0) is 38.1 Å². The molecule has 0 radical (unpaired) electrons. The van der Waals surface area contributed by atoms with Crippen LogP contribution in [0.2, 0.25) is 5.02 Å². The summed E-state index contributed by atoms with van der Waals surface area (Å²) in [7, 11) is 0. The largest absolute Gasteiger partial charge is 0.350 e. The zero-order valence-electron chi connectivity index (χ0n) is 11.1. The number of benzene rings is 1. The molecule has 1 aromatic carbocycles. The molecular weight excluding hydrogens is 260 g/mol. The molecule has 2 rings (SSSR count). The maximum Gasteiger partial charge on any atom is 0.252 e. The van der Waals surface area contributed by atoms with Crippen molar-refractivity contribution in [2.24, 2.45) is 0 Å². The average molecular weight is 277 g/mol. The van der Waals surface area contributed by atoms with Crippen LogP contribution in [0, 0.1) is 13.8 Å². The van der Waals surface area contributed by atoms with Gasteiger partial charge in [-0.1, -0.05) is 23.7 Å². The highest BCUT2D eigenvalue weighted by molar-refractivity contribution is 6.33. The van der Waals surface area contributed by atoms with E-state index in [4.69, 9.17) is 11.6 Å². The summed E-state index contributed by atoms with van der Waals surface area (Å²) in [6.45, 7) is 5.47. The zero-order chi connectivity index (χ0) is 13.8. The van der Waals surface area contributed by atoms with Gasteiger partial charge < -0.3 is 9.88 Å². The third-order valence-electron chi connectivity index (χ3n) is 3.16. The number of hydrogen-bond acceptors (Lipinski definition) is 1. The van der Waals surface area contributed by atoms with E-state index in [9.17, 15) is 4.79 Å². The molecule has 1 N–H and O–H groups in total. The molecule has 4 heteroatoms. The first-order valence-corrected chi connectivity index (χ1v) is 6.63. The molecule has 0 bridgehead atoms. The van der Waals surface area contributed by atoms with Crippen molar-refractivity contribution in [2.45, 2.75) is 20.4 Å². The molecule has 0 saturated heterocycles. The maximum atomic E-state index is 12.0. The molecule has 0 atom stereocenters. The van der Waals surface area contributed by atoms with Crippen LogP contribution >= 0.6 is 11.6 Å². The molecule has 0 fully saturated rings. The van der Waals surface area contributed by atoms with Crippen LogP contribution in [0.4, 0.5) is 0 Å². The number of aryl methyl sites for hydroxylation is 2. The zero-order valence-corrected chi connectivity index (χ0v) is 11.9. The van der Waals surface area contributed by atoms with Gasteiger partial charge in [0.05, 0.1) is 10.6 Å². The lowest BCUT2D eigenvalue weighted by molar-refractivity contribution is 0.0952. The van der Waals surface area contributed by atoms with Gasteiger partial charge in [0, 0.05) is 24.5 Å². The summed E-state index contributed by atoms with van der Waals surface area (Å²) in [6.07, 6.45) is 0. The van der Waals surface area contributed by atoms with Crippen molar-refractivity contribution < 1.29 is 4.79 Å². The Labute approximate surface area is 118 Å². The second-order valence-electron chi connectivity index (χ2n) is 4.50. The molecule has 1 aromatic heterocycles. The molecule has 3 nitrogen and oxygen atoms in total. The van der Waals surface area contributed by atoms with Crippen LogP contribution in [-0.2, 0) is 6.54 Å². The molecular formula is C15H17ClN2O. The molecule has 2 aromatic rings. The fourth-order valence-corrected chi connectivity index (χ4v) is 2.30. The Morgan fingerprint density at radius 2 is 1.79 bits per heavy atom. The number of amides is 1. The van der Waals surface area contributed by atoms with Gasteiger partial charge in [0.15, 0.2) is 0 Å². The van der Waals surface area contributed by atoms with E-state index >= 15 is 0 Å². The predicted octanol–water partition coefficient (Wildman–Crippen LogP) is 3.19. The van der Waals surface area contributed by atoms with Gasteiger partial charge in [-0.15, -0.1) is 0 Å². The van der Waals surface area contributed by atoms with Crippen LogP contribution in [0.5, 0.6) is 0 Å². The van der Waals surface area contributed by atoms with Gasteiger partial charge in [-0.3, -0.25) is 4.79 Å². The highest BCUT2D eigenvalue weighted by Gasteiger charge is 2.08. The first-order chi connectivity index (χ1) is 9.09. The van der Waals surface area contributed by atoms with Crippen LogP contribution < -0.4 is 5.32 Å². The summed E-state index contributed by atoms with van der Waals surface area (Å²) in [5.41, 5.74) is 2.92. The number of hydrogen-bond donors (Lipinski definition) is 1. The van der Waals surface area contributed by atoms with Crippen LogP contribution in [-0.4, -0.2) is 17.0 Å². The lowest BCUT2D eigenvalue weighted by Gasteiger charge is -2.11. The molecule has 0 unspecified atom stereocenters. The van der Waals surface area contributed by atoms with E-state index in [-0.39, 0.29) is 5.91 Å². The second kappa shape index (κ2) is 5.93. The van der Waals surface area contributed by atoms with Crippen molar-refractivity contribution in [3.05, 3.63) is 58.4 Å². The molecule has 1 amide bonds. The number of nitrogens with zero attached hydrogens (tertiary/aromatic N) is 1. The van der Waals surface area contributed by atoms with E-state index in [2.05, 4.69) is 35.9 Å². The molecule has 19 heavy (non-hydrogen) atoms. The molecule has 0 aliphatic rings. The highest BCUT2D eigenvalue weighted by Crippen LogP contribution is 2.14. The van der Waals surface area contributed by atoms with Gasteiger partial charge in [-0.2, -0.15) is 0 Å². The molecule has 0 aliphatic carbocycles. The van der Waals surface area contributed by atoms with Crippen LogP contribution in [0.3, 0.4) is 0 Å². The maximum absolute atomic E-state index is 12.0. The van der Waals surface area contributed by atoms with Gasteiger partial charge >= 0.3 is 0 Å². The summed E-state index contributed by atoms with van der Waals surface area (Å²) >= 11 is 5.98. The quantitative estimate of drug-likeness (QED) is 0.914. The molecule has 0 saturated carbocycles. The minimum absolute atomic E-state index is 0.131. The lowest BCUT2D eigenvalue weighted by Crippen LogP contribution is -2.27. The fraction of sp³-hybridized carbons (Fsp3) is 0.267. The Morgan fingerprint density at radius 1 is 1.16 bits per heavy atom. The standard InChI is InChI=1S/C15H17ClN2O/c1-11-7-8-12(2)18(11)10-9-17-15(19)13-5-3-4-6-14(13)16/h3-8H,9-10H2,1-2H3,(H,17,19). The van der Waals surface area contributed by atoms with Crippen molar-refractivity contribution in [1.29, 1.82) is 0 Å². The van der Waals surface area contributed by atoms with Crippen molar-refractivity contribution in [1.82, 2.24) is 9.88 Å². The Hall–Kier alpha value is -1.74. The molecule has 0 spiro atoms. The SMILES string of the molecule is Cc1ccc(C)n1CCNC(=O)c1ccccc1Cl. The van der Waals surface area contributed by atoms with E-state index in [1.807, 2.05) is 6.07 Å². The number of rotatable bonds is 4. The minimum atomic E-state index is -0.131. The number of nitrogens with one attached hydrogen (secondary N) is 1. The van der Waals surface area contributed by atoms with Gasteiger partial charge in [0.2, 0.25) is 0 Å². The summed E-state index contributed by atoms with van der Waals surface area (Å²) < 4.78 is 2.17. The van der Waals surface area contributed by atoms with E-state index in [1.165, 1.54) is 11.4 Å². The topological polar surface area (TPSA) is 34.0 Å². The second-order valence-corrected chi connectivity index (χ2v) is 4.91. The lowest BCUT2D eigenvalue weighted by atomic mass is 10.2. The fourth-order valence-electron chi connectivity index (χ4n) is 2.07. The first kappa shape index (κ1) is 13.7. The third kappa shape index (κ3) is 3.18. The van der Waals surface area contributed by atoms with E-state index in [1.54, 1.807) is 18.2 Å². The number of aromatic nitrogens is 1. The average Bonchev–Trinajstić information content (AvgIpc) is 2.70. The van der Waals surface area contributed by atoms with E-state index < -0.39 is 0 Å². The smallest absolute Gasteiger partial charge is 0.252 e. The Kier molecular flexibility index (Phi) is 4.27. The van der Waals surface area contributed by atoms with E-state index in [0.29, 0.717) is 17.1 Å². The highest BCUT2D eigenvalue weighted by atomic mass is 35.5. The summed E-state index contributed by atoms with van der Waals surface area (Å²) in [5, 5.41) is 3.37.